The molecule has 0 aliphatic rings. The number of nitrogens with zero attached hydrogens (tertiary/aromatic N) is 3. The fraction of sp³-hybridized carbons (Fsp3) is 0.138. The highest BCUT2D eigenvalue weighted by molar-refractivity contribution is 9.10. The lowest BCUT2D eigenvalue weighted by molar-refractivity contribution is -0.348. The predicted molar refractivity (Wildman–Crippen MR) is 149 cm³/mol. The smallest absolute Gasteiger partial charge is 0.327 e. The number of alkyl halides is 10. The SMILES string of the molecule is O=C(ON(C(=O)c1ccc(F)nc1)c1cccc(C(=O)Nc2c(Br)cc(C(F)(C(F)(F)F)C(F)(F)F)cc2C(F)(F)F)c1F)c1ccc(F)nc1. The van der Waals surface area contributed by atoms with Crippen molar-refractivity contribution in [3.05, 3.63) is 117 Å². The van der Waals surface area contributed by atoms with Crippen LogP contribution < -0.4 is 10.4 Å². The van der Waals surface area contributed by atoms with Crippen molar-refractivity contribution in [2.75, 3.05) is 10.4 Å². The number of halogens is 14. The third kappa shape index (κ3) is 7.73. The molecule has 0 unspecified atom stereocenters. The molecule has 1 N–H and O–H groups in total. The van der Waals surface area contributed by atoms with Gasteiger partial charge < -0.3 is 10.2 Å². The van der Waals surface area contributed by atoms with Crippen molar-refractivity contribution in [2.45, 2.75) is 24.2 Å². The van der Waals surface area contributed by atoms with Crippen molar-refractivity contribution in [2.24, 2.45) is 0 Å². The van der Waals surface area contributed by atoms with Crippen LogP contribution in [-0.2, 0) is 16.7 Å². The molecule has 22 heteroatoms. The van der Waals surface area contributed by atoms with Gasteiger partial charge in [0.25, 0.3) is 11.8 Å². The summed E-state index contributed by atoms with van der Waals surface area (Å²) in [5, 5.41) is 1.36. The topological polar surface area (TPSA) is 101 Å². The van der Waals surface area contributed by atoms with Gasteiger partial charge in [0.1, 0.15) is 5.69 Å². The fourth-order valence-electron chi connectivity index (χ4n) is 4.13. The van der Waals surface area contributed by atoms with Crippen molar-refractivity contribution in [1.29, 1.82) is 0 Å². The molecule has 2 heterocycles. The molecular weight excluding hydrogens is 795 g/mol. The molecule has 0 spiro atoms. The van der Waals surface area contributed by atoms with Gasteiger partial charge in [-0.25, -0.2) is 23.5 Å². The second kappa shape index (κ2) is 13.8. The number of carbonyl (C=O) groups is 3. The van der Waals surface area contributed by atoms with Gasteiger partial charge in [-0.05, 0) is 64.5 Å². The molecule has 0 fully saturated rings. The standard InChI is InChI=1S/C29H12BrF13N4O4/c30-17-9-14(26(34,28(38,39)40)29(41,42)43)8-16(27(35,36)37)22(17)46-23(48)15-2-1-3-18(21(15)33)47(24(49)12-4-6-19(31)44-10-12)51-25(50)13-5-7-20(32)45-11-13/h1-11H,(H,46,48). The molecule has 8 nitrogen and oxygen atoms in total. The molecule has 0 saturated carbocycles. The number of hydroxylamine groups is 1. The molecule has 0 radical (unpaired) electrons. The second-order valence-corrected chi connectivity index (χ2v) is 10.7. The van der Waals surface area contributed by atoms with Gasteiger partial charge >= 0.3 is 30.2 Å². The van der Waals surface area contributed by atoms with Gasteiger partial charge in [0.15, 0.2) is 5.82 Å². The van der Waals surface area contributed by atoms with Gasteiger partial charge in [0.2, 0.25) is 11.9 Å². The van der Waals surface area contributed by atoms with Gasteiger partial charge in [-0.1, -0.05) is 6.07 Å². The van der Waals surface area contributed by atoms with Crippen molar-refractivity contribution < 1.29 is 76.3 Å². The first-order valence-corrected chi connectivity index (χ1v) is 13.9. The first kappa shape index (κ1) is 38.5. The Balaban J connectivity index is 1.80. The maximum Gasteiger partial charge on any atom is 0.435 e. The Morgan fingerprint density at radius 2 is 1.29 bits per heavy atom. The van der Waals surface area contributed by atoms with E-state index in [4.69, 9.17) is 4.84 Å². The second-order valence-electron chi connectivity index (χ2n) is 9.84. The highest BCUT2D eigenvalue weighted by atomic mass is 79.9. The van der Waals surface area contributed by atoms with E-state index in [1.807, 2.05) is 0 Å². The van der Waals surface area contributed by atoms with E-state index in [1.165, 1.54) is 5.32 Å². The van der Waals surface area contributed by atoms with Gasteiger partial charge in [-0.3, -0.25) is 9.59 Å². The quantitative estimate of drug-likeness (QED) is 0.119. The number of hydrogen-bond acceptors (Lipinski definition) is 6. The summed E-state index contributed by atoms with van der Waals surface area (Å²) in [5.74, 6) is -8.83. The summed E-state index contributed by atoms with van der Waals surface area (Å²) in [6.07, 6.45) is -18.2. The van der Waals surface area contributed by atoms with Crippen LogP contribution in [0.2, 0.25) is 0 Å². The van der Waals surface area contributed by atoms with E-state index >= 15 is 4.39 Å². The minimum atomic E-state index is -6.81. The van der Waals surface area contributed by atoms with Crippen LogP contribution in [0.15, 0.2) is 71.5 Å². The average molecular weight is 807 g/mol. The number of anilines is 2. The summed E-state index contributed by atoms with van der Waals surface area (Å²) in [5.41, 5.74) is -16.4. The maximum absolute atomic E-state index is 15.9. The Hall–Kier alpha value is -5.28. The van der Waals surface area contributed by atoms with Crippen LogP contribution in [0.25, 0.3) is 0 Å². The van der Waals surface area contributed by atoms with E-state index in [9.17, 15) is 67.1 Å². The van der Waals surface area contributed by atoms with Gasteiger partial charge in [0.05, 0.1) is 27.9 Å². The molecule has 0 aliphatic carbocycles. The molecule has 0 saturated heterocycles. The number of benzene rings is 2. The summed E-state index contributed by atoms with van der Waals surface area (Å²) in [6.45, 7) is 0. The molecule has 4 rings (SSSR count). The highest BCUT2D eigenvalue weighted by Crippen LogP contribution is 2.55. The van der Waals surface area contributed by atoms with E-state index in [2.05, 4.69) is 25.9 Å². The van der Waals surface area contributed by atoms with E-state index in [0.717, 1.165) is 18.2 Å². The molecule has 0 atom stereocenters. The summed E-state index contributed by atoms with van der Waals surface area (Å²) in [7, 11) is 0. The largest absolute Gasteiger partial charge is 0.435 e. The van der Waals surface area contributed by atoms with Gasteiger partial charge in [0, 0.05) is 22.4 Å². The molecule has 2 aromatic carbocycles. The first-order valence-electron chi connectivity index (χ1n) is 13.1. The molecule has 270 valence electrons. The van der Waals surface area contributed by atoms with Crippen LogP contribution in [0, 0.1) is 17.7 Å². The van der Waals surface area contributed by atoms with E-state index < -0.39 is 109 Å². The maximum atomic E-state index is 15.9. The van der Waals surface area contributed by atoms with E-state index in [-0.39, 0.29) is 11.1 Å². The predicted octanol–water partition coefficient (Wildman–Crippen LogP) is 8.64. The monoisotopic (exact) mass is 806 g/mol. The minimum absolute atomic E-state index is 0.103. The number of amides is 2. The molecule has 0 bridgehead atoms. The third-order valence-corrected chi connectivity index (χ3v) is 7.18. The van der Waals surface area contributed by atoms with Crippen LogP contribution >= 0.6 is 15.9 Å². The molecule has 0 aliphatic heterocycles. The van der Waals surface area contributed by atoms with Crippen LogP contribution in [0.4, 0.5) is 68.5 Å². The Morgan fingerprint density at radius 3 is 1.78 bits per heavy atom. The van der Waals surface area contributed by atoms with Crippen molar-refractivity contribution in [1.82, 2.24) is 9.97 Å². The van der Waals surface area contributed by atoms with Crippen LogP contribution in [0.1, 0.15) is 42.2 Å². The third-order valence-electron chi connectivity index (χ3n) is 6.55. The number of carbonyl (C=O) groups excluding carboxylic acids is 3. The lowest BCUT2D eigenvalue weighted by atomic mass is 9.92. The summed E-state index contributed by atoms with van der Waals surface area (Å²) in [6, 6.07) is 3.85. The van der Waals surface area contributed by atoms with Gasteiger partial charge in [-0.15, -0.1) is 5.06 Å². The summed E-state index contributed by atoms with van der Waals surface area (Å²) in [4.78, 5) is 50.5. The van der Waals surface area contributed by atoms with E-state index in [0.29, 0.717) is 36.7 Å². The zero-order valence-electron chi connectivity index (χ0n) is 24.1. The zero-order valence-corrected chi connectivity index (χ0v) is 25.7. The van der Waals surface area contributed by atoms with Crippen molar-refractivity contribution in [3.8, 4) is 0 Å². The number of nitrogens with one attached hydrogen (secondary N) is 1. The highest BCUT2D eigenvalue weighted by Gasteiger charge is 2.73. The molecule has 4 aromatic rings. The average Bonchev–Trinajstić information content (AvgIpc) is 3.03. The Bertz CT molecular complexity index is 1970. The van der Waals surface area contributed by atoms with E-state index in [1.54, 1.807) is 0 Å². The van der Waals surface area contributed by atoms with Crippen LogP contribution in [-0.4, -0.2) is 40.1 Å². The molecular formula is C29H12BrF13N4O4. The van der Waals surface area contributed by atoms with Crippen LogP contribution in [0.5, 0.6) is 0 Å². The Labute approximate surface area is 282 Å². The van der Waals surface area contributed by atoms with Crippen molar-refractivity contribution in [3.63, 3.8) is 0 Å². The normalized spacial score (nSPS) is 12.4. The molecule has 51 heavy (non-hydrogen) atoms. The summed E-state index contributed by atoms with van der Waals surface area (Å²) >= 11 is 2.30. The number of hydrogen-bond donors (Lipinski definition) is 1. The number of aromatic nitrogens is 2. The number of pyridine rings is 2. The lowest BCUT2D eigenvalue weighted by Crippen LogP contribution is -2.50. The molecule has 2 amide bonds. The minimum Gasteiger partial charge on any atom is -0.327 e. The zero-order chi connectivity index (χ0) is 38.3. The summed E-state index contributed by atoms with van der Waals surface area (Å²) < 4.78 is 178. The lowest BCUT2D eigenvalue weighted by Gasteiger charge is -2.31. The number of rotatable bonds is 6. The van der Waals surface area contributed by atoms with Crippen molar-refractivity contribution >= 4 is 45.1 Å². The Morgan fingerprint density at radius 1 is 0.745 bits per heavy atom. The van der Waals surface area contributed by atoms with Gasteiger partial charge in [-0.2, -0.15) is 48.3 Å². The Kier molecular flexibility index (Phi) is 10.4. The molecule has 2 aromatic heterocycles. The van der Waals surface area contributed by atoms with Crippen LogP contribution in [0.3, 0.4) is 0 Å². The fourth-order valence-corrected chi connectivity index (χ4v) is 4.69. The first-order chi connectivity index (χ1) is 23.5.